The zero-order valence-corrected chi connectivity index (χ0v) is 18.6. The maximum absolute atomic E-state index is 12.8. The minimum Gasteiger partial charge on any atom is -0.508 e. The van der Waals surface area contributed by atoms with Crippen LogP contribution in [0.1, 0.15) is 32.8 Å². The summed E-state index contributed by atoms with van der Waals surface area (Å²) >= 11 is 0. The van der Waals surface area contributed by atoms with Crippen molar-refractivity contribution in [3.8, 4) is 5.75 Å². The van der Waals surface area contributed by atoms with Crippen molar-refractivity contribution < 1.29 is 39.3 Å². The number of amides is 3. The number of carbonyl (C=O) groups excluding carboxylic acids is 3. The molecule has 0 aliphatic heterocycles. The third-order valence-corrected chi connectivity index (χ3v) is 4.72. The topological polar surface area (TPSA) is 208 Å². The molecule has 0 aliphatic carbocycles. The Morgan fingerprint density at radius 2 is 1.45 bits per heavy atom. The largest absolute Gasteiger partial charge is 0.508 e. The van der Waals surface area contributed by atoms with E-state index in [1.54, 1.807) is 13.8 Å². The molecule has 4 unspecified atom stereocenters. The van der Waals surface area contributed by atoms with Gasteiger partial charge in [-0.05, 0) is 30.5 Å². The number of nitrogens with two attached hydrogens (primary N) is 1. The second kappa shape index (κ2) is 12.4. The predicted molar refractivity (Wildman–Crippen MR) is 116 cm³/mol. The number of aliphatic carboxylic acids is 2. The number of phenolic OH excluding ortho intramolecular Hbond substituents is 1. The summed E-state index contributed by atoms with van der Waals surface area (Å²) < 4.78 is 0. The maximum atomic E-state index is 12.8. The van der Waals surface area contributed by atoms with E-state index in [0.717, 1.165) is 0 Å². The van der Waals surface area contributed by atoms with Gasteiger partial charge in [-0.25, -0.2) is 4.79 Å². The molecule has 1 aromatic rings. The van der Waals surface area contributed by atoms with E-state index in [1.165, 1.54) is 31.2 Å². The van der Waals surface area contributed by atoms with Crippen LogP contribution in [-0.4, -0.2) is 69.1 Å². The third-order valence-electron chi connectivity index (χ3n) is 4.72. The van der Waals surface area contributed by atoms with Crippen LogP contribution in [0.5, 0.6) is 5.75 Å². The van der Waals surface area contributed by atoms with Crippen LogP contribution in [0.4, 0.5) is 0 Å². The summed E-state index contributed by atoms with van der Waals surface area (Å²) in [6, 6.07) is 0.950. The average molecular weight is 466 g/mol. The standard InChI is InChI=1S/C21H30N4O8/c1-10(2)17(21(32)33)25-20(31)15(8-12-4-6-13(26)7-5-12)24-18(29)11(3)23-19(30)14(22)9-16(27)28/h4-7,10-11,14-15,17,26H,8-9,22H2,1-3H3,(H,23,30)(H,24,29)(H,25,31)(H,27,28)(H,32,33). The molecule has 0 saturated heterocycles. The van der Waals surface area contributed by atoms with Crippen LogP contribution in [0, 0.1) is 5.92 Å². The van der Waals surface area contributed by atoms with Crippen LogP contribution in [0.25, 0.3) is 0 Å². The van der Waals surface area contributed by atoms with E-state index < -0.39 is 66.2 Å². The van der Waals surface area contributed by atoms with Crippen molar-refractivity contribution in [2.75, 3.05) is 0 Å². The van der Waals surface area contributed by atoms with E-state index in [9.17, 15) is 34.2 Å². The SMILES string of the molecule is CC(NC(=O)C(N)CC(=O)O)C(=O)NC(Cc1ccc(O)cc1)C(=O)NC(C(=O)O)C(C)C. The first-order valence-electron chi connectivity index (χ1n) is 10.2. The number of aromatic hydroxyl groups is 1. The Bertz CT molecular complexity index is 872. The van der Waals surface area contributed by atoms with E-state index in [-0.39, 0.29) is 12.2 Å². The van der Waals surface area contributed by atoms with Crippen LogP contribution < -0.4 is 21.7 Å². The molecule has 4 atom stereocenters. The first-order chi connectivity index (χ1) is 15.3. The third kappa shape index (κ3) is 9.15. The van der Waals surface area contributed by atoms with Crippen molar-refractivity contribution in [1.29, 1.82) is 0 Å². The highest BCUT2D eigenvalue weighted by Crippen LogP contribution is 2.12. The molecule has 0 spiro atoms. The molecule has 3 amide bonds. The molecule has 0 aromatic heterocycles. The van der Waals surface area contributed by atoms with E-state index in [0.29, 0.717) is 5.56 Å². The first-order valence-corrected chi connectivity index (χ1v) is 10.2. The summed E-state index contributed by atoms with van der Waals surface area (Å²) in [6.45, 7) is 4.56. The Kier molecular flexibility index (Phi) is 10.3. The van der Waals surface area contributed by atoms with Gasteiger partial charge in [-0.15, -0.1) is 0 Å². The molecule has 0 radical (unpaired) electrons. The highest BCUT2D eigenvalue weighted by Gasteiger charge is 2.30. The minimum atomic E-state index is -1.36. The smallest absolute Gasteiger partial charge is 0.326 e. The molecule has 33 heavy (non-hydrogen) atoms. The fourth-order valence-corrected chi connectivity index (χ4v) is 2.81. The second-order valence-electron chi connectivity index (χ2n) is 7.93. The normalized spacial score (nSPS) is 14.5. The lowest BCUT2D eigenvalue weighted by molar-refractivity contribution is -0.143. The van der Waals surface area contributed by atoms with Crippen molar-refractivity contribution in [1.82, 2.24) is 16.0 Å². The van der Waals surface area contributed by atoms with Gasteiger partial charge in [0.15, 0.2) is 0 Å². The average Bonchev–Trinajstić information content (AvgIpc) is 2.71. The molecule has 182 valence electrons. The number of benzene rings is 1. The van der Waals surface area contributed by atoms with Gasteiger partial charge in [-0.1, -0.05) is 26.0 Å². The fraction of sp³-hybridized carbons (Fsp3) is 0.476. The highest BCUT2D eigenvalue weighted by atomic mass is 16.4. The zero-order valence-electron chi connectivity index (χ0n) is 18.6. The van der Waals surface area contributed by atoms with Crippen LogP contribution in [-0.2, 0) is 30.4 Å². The van der Waals surface area contributed by atoms with Gasteiger partial charge in [0.25, 0.3) is 0 Å². The number of rotatable bonds is 12. The summed E-state index contributed by atoms with van der Waals surface area (Å²) in [5.74, 6) is -5.31. The molecule has 0 aliphatic rings. The first kappa shape index (κ1) is 27.4. The number of phenols is 1. The molecule has 1 rings (SSSR count). The van der Waals surface area contributed by atoms with Crippen molar-refractivity contribution in [3.05, 3.63) is 29.8 Å². The summed E-state index contributed by atoms with van der Waals surface area (Å²) in [6.07, 6.45) is -0.653. The van der Waals surface area contributed by atoms with Crippen molar-refractivity contribution >= 4 is 29.7 Å². The van der Waals surface area contributed by atoms with Gasteiger partial charge in [-0.2, -0.15) is 0 Å². The van der Waals surface area contributed by atoms with Gasteiger partial charge >= 0.3 is 11.9 Å². The Balaban J connectivity index is 2.97. The molecule has 12 nitrogen and oxygen atoms in total. The van der Waals surface area contributed by atoms with Gasteiger partial charge in [-0.3, -0.25) is 19.2 Å². The Morgan fingerprint density at radius 3 is 1.94 bits per heavy atom. The van der Waals surface area contributed by atoms with E-state index in [2.05, 4.69) is 16.0 Å². The highest BCUT2D eigenvalue weighted by molar-refractivity contribution is 5.94. The van der Waals surface area contributed by atoms with E-state index in [4.69, 9.17) is 10.8 Å². The van der Waals surface area contributed by atoms with Gasteiger partial charge in [0.1, 0.15) is 23.9 Å². The monoisotopic (exact) mass is 466 g/mol. The van der Waals surface area contributed by atoms with Gasteiger partial charge in [0.05, 0.1) is 12.5 Å². The number of hydrogen-bond acceptors (Lipinski definition) is 7. The summed E-state index contributed by atoms with van der Waals surface area (Å²) in [7, 11) is 0. The Morgan fingerprint density at radius 1 is 0.879 bits per heavy atom. The zero-order chi connectivity index (χ0) is 25.3. The van der Waals surface area contributed by atoms with Crippen molar-refractivity contribution in [2.24, 2.45) is 11.7 Å². The summed E-state index contributed by atoms with van der Waals surface area (Å²) in [5.41, 5.74) is 6.05. The lowest BCUT2D eigenvalue weighted by Crippen LogP contribution is -2.57. The van der Waals surface area contributed by atoms with Crippen molar-refractivity contribution in [2.45, 2.75) is 57.8 Å². The van der Waals surface area contributed by atoms with Crippen molar-refractivity contribution in [3.63, 3.8) is 0 Å². The van der Waals surface area contributed by atoms with Crippen LogP contribution in [0.3, 0.4) is 0 Å². The lowest BCUT2D eigenvalue weighted by Gasteiger charge is -2.25. The molecule has 0 fully saturated rings. The lowest BCUT2D eigenvalue weighted by atomic mass is 10.0. The van der Waals surface area contributed by atoms with Crippen LogP contribution in [0.15, 0.2) is 24.3 Å². The molecule has 8 N–H and O–H groups in total. The van der Waals surface area contributed by atoms with Gasteiger partial charge in [0, 0.05) is 6.42 Å². The second-order valence-corrected chi connectivity index (χ2v) is 7.93. The molecule has 0 bridgehead atoms. The molecule has 0 heterocycles. The predicted octanol–water partition coefficient (Wildman–Crippen LogP) is -1.05. The number of carboxylic acid groups (broad SMARTS) is 2. The van der Waals surface area contributed by atoms with E-state index in [1.807, 2.05) is 0 Å². The van der Waals surface area contributed by atoms with Crippen LogP contribution >= 0.6 is 0 Å². The number of nitrogens with one attached hydrogen (secondary N) is 3. The molecule has 12 heteroatoms. The Hall–Kier alpha value is -3.67. The quantitative estimate of drug-likeness (QED) is 0.200. The van der Waals surface area contributed by atoms with Gasteiger partial charge < -0.3 is 37.0 Å². The Labute approximate surface area is 190 Å². The molecular formula is C21H30N4O8. The van der Waals surface area contributed by atoms with Gasteiger partial charge in [0.2, 0.25) is 17.7 Å². The number of hydrogen-bond donors (Lipinski definition) is 7. The summed E-state index contributed by atoms with van der Waals surface area (Å²) in [5, 5.41) is 34.7. The molecule has 1 aromatic carbocycles. The number of carboxylic acids is 2. The molecule has 0 saturated carbocycles. The number of carbonyl (C=O) groups is 5. The van der Waals surface area contributed by atoms with E-state index >= 15 is 0 Å². The summed E-state index contributed by atoms with van der Waals surface area (Å²) in [4.78, 5) is 59.6. The minimum absolute atomic E-state index is 0.00331. The van der Waals surface area contributed by atoms with Crippen LogP contribution in [0.2, 0.25) is 0 Å². The molecular weight excluding hydrogens is 436 g/mol. The maximum Gasteiger partial charge on any atom is 0.326 e. The fourth-order valence-electron chi connectivity index (χ4n) is 2.81.